The minimum absolute atomic E-state index is 0.875. The van der Waals surface area contributed by atoms with Crippen LogP contribution >= 0.6 is 0 Å². The van der Waals surface area contributed by atoms with E-state index in [4.69, 9.17) is 0 Å². The molecule has 0 aromatic rings. The van der Waals surface area contributed by atoms with E-state index in [1.807, 2.05) is 0 Å². The highest BCUT2D eigenvalue weighted by molar-refractivity contribution is 7.76. The second-order valence-corrected chi connectivity index (χ2v) is 3.02. The highest BCUT2D eigenvalue weighted by Gasteiger charge is 2.04. The molecule has 0 heterocycles. The van der Waals surface area contributed by atoms with E-state index in [2.05, 4.69) is 30.9 Å². The summed E-state index contributed by atoms with van der Waals surface area (Å²) in [5.74, 6) is 0. The van der Waals surface area contributed by atoms with Crippen molar-refractivity contribution in [3.8, 4) is 0 Å². The van der Waals surface area contributed by atoms with Gasteiger partial charge in [-0.2, -0.15) is 0 Å². The van der Waals surface area contributed by atoms with E-state index in [0.717, 1.165) is 12.8 Å². The van der Waals surface area contributed by atoms with Crippen molar-refractivity contribution in [2.75, 3.05) is 0 Å². The topological polar surface area (TPSA) is 0 Å². The van der Waals surface area contributed by atoms with Crippen molar-refractivity contribution < 1.29 is 0 Å². The van der Waals surface area contributed by atoms with Gasteiger partial charge in [-0.05, 0) is 0 Å². The van der Waals surface area contributed by atoms with Crippen molar-refractivity contribution in [2.24, 2.45) is 0 Å². The van der Waals surface area contributed by atoms with E-state index in [-0.39, 0.29) is 0 Å². The van der Waals surface area contributed by atoms with Crippen molar-refractivity contribution in [3.05, 3.63) is 0 Å². The summed E-state index contributed by atoms with van der Waals surface area (Å²) in [6.07, 6.45) is 1.75. The molecule has 0 aliphatic heterocycles. The van der Waals surface area contributed by atoms with Gasteiger partial charge in [-0.15, -0.1) is 0 Å². The second-order valence-electron chi connectivity index (χ2n) is 3.02. The molecular weight excluding hydrogens is 75.7 g/mol. The van der Waals surface area contributed by atoms with Gasteiger partial charge in [-0.3, -0.25) is 0 Å². The van der Waals surface area contributed by atoms with Crippen LogP contribution in [-0.2, 0) is 0 Å². The quantitative estimate of drug-likeness (QED) is 0.294. The van der Waals surface area contributed by atoms with E-state index in [1.165, 1.54) is 7.06 Å². The fourth-order valence-electron chi connectivity index (χ4n) is 0.943. The van der Waals surface area contributed by atoms with Gasteiger partial charge < -0.3 is 0 Å². The molecule has 0 bridgehead atoms. The maximum absolute atomic E-state index is 2.26. The predicted molar refractivity (Wildman–Crippen MR) is 52.8 cm³/mol. The van der Waals surface area contributed by atoms with Gasteiger partial charge in [0.05, 0.1) is 30.9 Å². The normalized spacial score (nSPS) is 7.43. The van der Waals surface area contributed by atoms with Crippen LogP contribution in [0.5, 0.6) is 0 Å². The summed E-state index contributed by atoms with van der Waals surface area (Å²) >= 11 is 0. The first-order valence-electron chi connectivity index (χ1n) is 3.13. The fourth-order valence-corrected chi connectivity index (χ4v) is 0.943. The molecule has 0 unspecified atom stereocenters. The summed E-state index contributed by atoms with van der Waals surface area (Å²) in [4.78, 5) is 0. The summed E-state index contributed by atoms with van der Waals surface area (Å²) < 4.78 is 0. The van der Waals surface area contributed by atoms with Crippen LogP contribution < -0.4 is 0 Å². The molecule has 0 rings (SSSR count). The molecule has 0 aromatic heterocycles. The number of hydrogen-bond acceptors (Lipinski definition) is 0. The minimum atomic E-state index is 0.875. The first kappa shape index (κ1) is 7.45. The molecule has 0 nitrogen and oxygen atoms in total. The first-order valence-corrected chi connectivity index (χ1v) is 3.13. The largest absolute Gasteiger partial charge is 0.0556 e. The average Bonchev–Trinajstić information content (AvgIpc) is 1.27. The van der Waals surface area contributed by atoms with Crippen molar-refractivity contribution in [1.29, 1.82) is 0 Å². The van der Waals surface area contributed by atoms with Gasteiger partial charge in [-0.1, -0.05) is 0 Å². The molecule has 7 heavy (non-hydrogen) atoms. The summed E-state index contributed by atoms with van der Waals surface area (Å²) in [5.41, 5.74) is 0. The molecule has 0 atom stereocenters. The maximum Gasteiger partial charge on any atom is 0.0556 e. The van der Waals surface area contributed by atoms with Gasteiger partial charge in [0.15, 0.2) is 0 Å². The van der Waals surface area contributed by atoms with Gasteiger partial charge in [0.25, 0.3) is 0 Å². The van der Waals surface area contributed by atoms with Crippen molar-refractivity contribution in [1.82, 2.24) is 0 Å². The lowest BCUT2D eigenvalue weighted by Gasteiger charge is -1.96. The monoisotopic (exact) mass is 86.1 g/mol. The Hall–Kier alpha value is 0.455. The molecule has 30 valence electrons. The Bertz CT molecular complexity index is 29.3. The number of rotatable bonds is 2. The zero-order chi connectivity index (χ0) is 5.86. The highest BCUT2D eigenvalue weighted by atomic mass is 12.8. The summed E-state index contributed by atoms with van der Waals surface area (Å²) in [5, 5.41) is 0. The molecule has 0 N–H and O–H groups in total. The van der Waals surface area contributed by atoms with E-state index < -0.39 is 0 Å². The van der Waals surface area contributed by atoms with Crippen LogP contribution in [0, 0.1) is 0 Å². The first-order chi connectivity index (χ1) is 3.13. The molecule has 0 aliphatic carbocycles. The van der Waals surface area contributed by atoms with Crippen LogP contribution in [0.2, 0.25) is 0 Å². The Balaban J connectivity index is 2.95. The van der Waals surface area contributed by atoms with Crippen LogP contribution in [0.4, 0.5) is 0 Å². The molecule has 0 amide bonds. The van der Waals surface area contributed by atoms with Crippen LogP contribution in [0.25, 0.3) is 0 Å². The zero-order valence-electron chi connectivity index (χ0n) is 5.86. The lowest BCUT2D eigenvalue weighted by Crippen LogP contribution is -2.38. The maximum atomic E-state index is 2.26. The SMILES string of the molecule is BB(B)BB(B)B. The van der Waals surface area contributed by atoms with Gasteiger partial charge in [0.2, 0.25) is 0 Å². The third-order valence-corrected chi connectivity index (χ3v) is 0.943. The van der Waals surface area contributed by atoms with Crippen molar-refractivity contribution in [3.63, 3.8) is 0 Å². The zero-order valence-corrected chi connectivity index (χ0v) is 5.86. The lowest BCUT2D eigenvalue weighted by atomic mass is 8.81. The molecule has 7 heteroatoms. The molecule has 0 saturated heterocycles. The van der Waals surface area contributed by atoms with E-state index in [1.54, 1.807) is 0 Å². The minimum Gasteiger partial charge on any atom is 0.0248 e. The summed E-state index contributed by atoms with van der Waals surface area (Å²) in [6, 6.07) is 0. The van der Waals surface area contributed by atoms with Crippen molar-refractivity contribution >= 4 is 50.8 Å². The third-order valence-electron chi connectivity index (χ3n) is 0.943. The summed E-state index contributed by atoms with van der Waals surface area (Å²) in [6.45, 7) is 0. The number of hydrogen-bond donors (Lipinski definition) is 0. The molecule has 0 radical (unpaired) electrons. The molecule has 0 spiro atoms. The highest BCUT2D eigenvalue weighted by Crippen LogP contribution is 1.62. The molecule has 0 aromatic carbocycles. The van der Waals surface area contributed by atoms with E-state index in [0.29, 0.717) is 0 Å². The van der Waals surface area contributed by atoms with Crippen molar-refractivity contribution in [2.45, 2.75) is 0 Å². The van der Waals surface area contributed by atoms with Crippen LogP contribution in [-0.4, -0.2) is 50.8 Å². The Morgan fingerprint density at radius 3 is 1.14 bits per heavy atom. The van der Waals surface area contributed by atoms with E-state index in [9.17, 15) is 0 Å². The Morgan fingerprint density at radius 2 is 1.14 bits per heavy atom. The fraction of sp³-hybridized carbons (Fsp3) is 0. The third kappa shape index (κ3) is 6.45. The van der Waals surface area contributed by atoms with Crippen LogP contribution in [0.1, 0.15) is 0 Å². The Morgan fingerprint density at radius 1 is 0.857 bits per heavy atom. The standard InChI is InChI=1S/B7H9/c1-6(2)5-7(3)4/h5H,1-4H2. The Kier molecular flexibility index (Phi) is 3.68. The predicted octanol–water partition coefficient (Wildman–Crippen LogP) is -5.07. The van der Waals surface area contributed by atoms with Gasteiger partial charge in [0.1, 0.15) is 0 Å². The van der Waals surface area contributed by atoms with Gasteiger partial charge in [0, 0.05) is 19.8 Å². The van der Waals surface area contributed by atoms with Gasteiger partial charge in [-0.25, -0.2) is 0 Å². The molecule has 0 saturated carbocycles. The van der Waals surface area contributed by atoms with Gasteiger partial charge >= 0.3 is 0 Å². The second kappa shape index (κ2) is 3.46. The van der Waals surface area contributed by atoms with Crippen LogP contribution in [0.15, 0.2) is 0 Å². The molecule has 0 fully saturated rings. The lowest BCUT2D eigenvalue weighted by molar-refractivity contribution is 3.76. The van der Waals surface area contributed by atoms with Crippen LogP contribution in [0.3, 0.4) is 0 Å². The Labute approximate surface area is 51.5 Å². The summed E-state index contributed by atoms with van der Waals surface area (Å²) in [7, 11) is 10.4. The molecular formula is H9B7. The van der Waals surface area contributed by atoms with E-state index >= 15 is 0 Å². The molecule has 0 aliphatic rings. The smallest absolute Gasteiger partial charge is 0.0248 e. The average molecular weight is 84.8 g/mol.